The van der Waals surface area contributed by atoms with Crippen LogP contribution in [0.4, 0.5) is 5.69 Å². The number of para-hydroxylation sites is 1. The first-order valence-corrected chi connectivity index (χ1v) is 6.13. The van der Waals surface area contributed by atoms with Crippen molar-refractivity contribution in [1.29, 1.82) is 0 Å². The van der Waals surface area contributed by atoms with Crippen molar-refractivity contribution in [2.24, 2.45) is 5.73 Å². The van der Waals surface area contributed by atoms with Gasteiger partial charge in [0.2, 0.25) is 0 Å². The number of primary amides is 1. The Balaban J connectivity index is 2.28. The Labute approximate surface area is 120 Å². The summed E-state index contributed by atoms with van der Waals surface area (Å²) >= 11 is 0. The molecule has 0 bridgehead atoms. The van der Waals surface area contributed by atoms with E-state index in [1.807, 2.05) is 0 Å². The van der Waals surface area contributed by atoms with Gasteiger partial charge in [-0.1, -0.05) is 24.3 Å². The molecule has 0 aliphatic rings. The lowest BCUT2D eigenvalue weighted by molar-refractivity contribution is 0.0694. The number of carboxylic acids is 1. The highest BCUT2D eigenvalue weighted by molar-refractivity contribution is 5.96. The van der Waals surface area contributed by atoms with Gasteiger partial charge in [0.15, 0.2) is 0 Å². The number of anilines is 1. The van der Waals surface area contributed by atoms with E-state index in [0.717, 1.165) is 0 Å². The first-order valence-electron chi connectivity index (χ1n) is 6.13. The number of carbonyl (C=O) groups is 2. The number of nitrogen functional groups attached to an aromatic ring is 1. The lowest BCUT2D eigenvalue weighted by atomic mass is 10.1. The van der Waals surface area contributed by atoms with Crippen molar-refractivity contribution in [3.05, 3.63) is 59.2 Å². The first kappa shape index (κ1) is 14.4. The monoisotopic (exact) mass is 286 g/mol. The molecule has 0 aliphatic heterocycles. The maximum absolute atomic E-state index is 11.3. The highest BCUT2D eigenvalue weighted by Gasteiger charge is 2.15. The van der Waals surface area contributed by atoms with Crippen molar-refractivity contribution in [2.75, 3.05) is 5.73 Å². The second-order valence-electron chi connectivity index (χ2n) is 4.34. The minimum Gasteiger partial charge on any atom is -0.488 e. The third-order valence-corrected chi connectivity index (χ3v) is 2.93. The molecule has 0 radical (unpaired) electrons. The molecule has 6 heteroatoms. The van der Waals surface area contributed by atoms with Crippen LogP contribution in [0.1, 0.15) is 26.3 Å². The van der Waals surface area contributed by atoms with Crippen LogP contribution in [-0.2, 0) is 6.61 Å². The van der Waals surface area contributed by atoms with E-state index in [-0.39, 0.29) is 23.4 Å². The Morgan fingerprint density at radius 1 is 1.10 bits per heavy atom. The van der Waals surface area contributed by atoms with Crippen LogP contribution in [0.25, 0.3) is 0 Å². The van der Waals surface area contributed by atoms with Gasteiger partial charge in [0.05, 0.1) is 11.1 Å². The standard InChI is InChI=1S/C15H14N2O4/c16-11-6-3-4-9(13(11)15(19)20)8-21-12-7-2-1-5-10(12)14(17)18/h1-7H,8,16H2,(H2,17,18)(H,19,20). The Bertz CT molecular complexity index is 698. The van der Waals surface area contributed by atoms with E-state index in [1.54, 1.807) is 30.3 Å². The fourth-order valence-electron chi connectivity index (χ4n) is 1.95. The molecule has 0 aromatic heterocycles. The molecule has 5 N–H and O–H groups in total. The van der Waals surface area contributed by atoms with Crippen molar-refractivity contribution in [3.8, 4) is 5.75 Å². The Kier molecular flexibility index (Phi) is 4.08. The Morgan fingerprint density at radius 3 is 2.48 bits per heavy atom. The number of amides is 1. The van der Waals surface area contributed by atoms with Crippen LogP contribution in [-0.4, -0.2) is 17.0 Å². The normalized spacial score (nSPS) is 10.1. The zero-order valence-electron chi connectivity index (χ0n) is 11.1. The lowest BCUT2D eigenvalue weighted by Crippen LogP contribution is -2.14. The third kappa shape index (κ3) is 3.11. The van der Waals surface area contributed by atoms with Crippen LogP contribution in [0.15, 0.2) is 42.5 Å². The number of ether oxygens (including phenoxy) is 1. The summed E-state index contributed by atoms with van der Waals surface area (Å²) in [5.41, 5.74) is 11.7. The molecule has 21 heavy (non-hydrogen) atoms. The van der Waals surface area contributed by atoms with Gasteiger partial charge in [0.25, 0.3) is 5.91 Å². The summed E-state index contributed by atoms with van der Waals surface area (Å²) in [6.07, 6.45) is 0. The number of nitrogens with two attached hydrogens (primary N) is 2. The molecule has 0 heterocycles. The lowest BCUT2D eigenvalue weighted by Gasteiger charge is -2.12. The molecule has 0 fully saturated rings. The zero-order valence-corrected chi connectivity index (χ0v) is 11.1. The maximum atomic E-state index is 11.3. The molecule has 6 nitrogen and oxygen atoms in total. The van der Waals surface area contributed by atoms with Crippen molar-refractivity contribution in [3.63, 3.8) is 0 Å². The summed E-state index contributed by atoms with van der Waals surface area (Å²) in [6, 6.07) is 11.2. The van der Waals surface area contributed by atoms with E-state index in [2.05, 4.69) is 0 Å². The molecule has 0 saturated carbocycles. The number of benzene rings is 2. The van der Waals surface area contributed by atoms with E-state index in [4.69, 9.17) is 16.2 Å². The number of aromatic carboxylic acids is 1. The largest absolute Gasteiger partial charge is 0.488 e. The molecule has 0 unspecified atom stereocenters. The fourth-order valence-corrected chi connectivity index (χ4v) is 1.95. The highest BCUT2D eigenvalue weighted by atomic mass is 16.5. The van der Waals surface area contributed by atoms with Gasteiger partial charge in [-0.15, -0.1) is 0 Å². The van der Waals surface area contributed by atoms with Gasteiger partial charge in [0.1, 0.15) is 12.4 Å². The highest BCUT2D eigenvalue weighted by Crippen LogP contribution is 2.22. The molecule has 108 valence electrons. The predicted octanol–water partition coefficient (Wildman–Crippen LogP) is 1.64. The zero-order chi connectivity index (χ0) is 15.4. The van der Waals surface area contributed by atoms with Gasteiger partial charge in [-0.25, -0.2) is 4.79 Å². The smallest absolute Gasteiger partial charge is 0.338 e. The molecule has 2 aromatic carbocycles. The second kappa shape index (κ2) is 5.96. The van der Waals surface area contributed by atoms with Crippen LogP contribution in [0.5, 0.6) is 5.75 Å². The van der Waals surface area contributed by atoms with Crippen molar-refractivity contribution in [1.82, 2.24) is 0 Å². The van der Waals surface area contributed by atoms with Gasteiger partial charge >= 0.3 is 5.97 Å². The van der Waals surface area contributed by atoms with E-state index < -0.39 is 11.9 Å². The molecule has 1 amide bonds. The third-order valence-electron chi connectivity index (χ3n) is 2.93. The molecule has 2 aromatic rings. The molecular weight excluding hydrogens is 272 g/mol. The topological polar surface area (TPSA) is 116 Å². The molecule has 2 rings (SSSR count). The SMILES string of the molecule is NC(=O)c1ccccc1OCc1cccc(N)c1C(=O)O. The number of rotatable bonds is 5. The van der Waals surface area contributed by atoms with Crippen molar-refractivity contribution < 1.29 is 19.4 Å². The maximum Gasteiger partial charge on any atom is 0.338 e. The van der Waals surface area contributed by atoms with E-state index in [1.165, 1.54) is 12.1 Å². The summed E-state index contributed by atoms with van der Waals surface area (Å²) in [7, 11) is 0. The number of carboxylic acid groups (broad SMARTS) is 1. The molecule has 0 atom stereocenters. The molecule has 0 aliphatic carbocycles. The van der Waals surface area contributed by atoms with E-state index in [0.29, 0.717) is 11.3 Å². The minimum absolute atomic E-state index is 0.00550. The number of hydrogen-bond donors (Lipinski definition) is 3. The molecule has 0 spiro atoms. The van der Waals surface area contributed by atoms with Gasteiger partial charge in [-0.05, 0) is 18.2 Å². The Morgan fingerprint density at radius 2 is 1.81 bits per heavy atom. The van der Waals surface area contributed by atoms with Gasteiger partial charge < -0.3 is 21.3 Å². The van der Waals surface area contributed by atoms with Crippen LogP contribution in [0.3, 0.4) is 0 Å². The first-order chi connectivity index (χ1) is 10.0. The van der Waals surface area contributed by atoms with E-state index >= 15 is 0 Å². The summed E-state index contributed by atoms with van der Waals surface area (Å²) < 4.78 is 5.51. The summed E-state index contributed by atoms with van der Waals surface area (Å²) in [6.45, 7) is -0.0308. The summed E-state index contributed by atoms with van der Waals surface area (Å²) in [5, 5.41) is 9.18. The van der Waals surface area contributed by atoms with Crippen molar-refractivity contribution in [2.45, 2.75) is 6.61 Å². The van der Waals surface area contributed by atoms with Crippen LogP contribution in [0, 0.1) is 0 Å². The van der Waals surface area contributed by atoms with Crippen LogP contribution in [0.2, 0.25) is 0 Å². The van der Waals surface area contributed by atoms with Gasteiger partial charge in [-0.3, -0.25) is 4.79 Å². The number of carbonyl (C=O) groups excluding carboxylic acids is 1. The fraction of sp³-hybridized carbons (Fsp3) is 0.0667. The van der Waals surface area contributed by atoms with Crippen molar-refractivity contribution >= 4 is 17.6 Å². The molecular formula is C15H14N2O4. The van der Waals surface area contributed by atoms with Gasteiger partial charge in [0, 0.05) is 11.3 Å². The average molecular weight is 286 g/mol. The summed E-state index contributed by atoms with van der Waals surface area (Å²) in [5.74, 6) is -1.45. The number of hydrogen-bond acceptors (Lipinski definition) is 4. The van der Waals surface area contributed by atoms with Crippen LogP contribution >= 0.6 is 0 Å². The minimum atomic E-state index is -1.13. The Hall–Kier alpha value is -3.02. The second-order valence-corrected chi connectivity index (χ2v) is 4.34. The van der Waals surface area contributed by atoms with Crippen LogP contribution < -0.4 is 16.2 Å². The predicted molar refractivity (Wildman–Crippen MR) is 77.1 cm³/mol. The molecule has 0 saturated heterocycles. The summed E-state index contributed by atoms with van der Waals surface area (Å²) in [4.78, 5) is 22.5. The van der Waals surface area contributed by atoms with E-state index in [9.17, 15) is 14.7 Å². The van der Waals surface area contributed by atoms with Gasteiger partial charge in [-0.2, -0.15) is 0 Å². The quantitative estimate of drug-likeness (QED) is 0.723. The average Bonchev–Trinajstić information content (AvgIpc) is 2.44.